The highest BCUT2D eigenvalue weighted by molar-refractivity contribution is 6.19. The Hall–Kier alpha value is -3.14. The molecule has 116 valence electrons. The number of aromatic nitrogens is 2. The number of benzene rings is 2. The van der Waals surface area contributed by atoms with E-state index in [9.17, 15) is 0 Å². The van der Waals surface area contributed by atoms with Gasteiger partial charge in [-0.15, -0.1) is 0 Å². The smallest absolute Gasteiger partial charge is 0.299 e. The molecule has 0 saturated carbocycles. The van der Waals surface area contributed by atoms with Crippen LogP contribution in [0.15, 0.2) is 63.8 Å². The molecular formula is C20H15N2O2+. The molecule has 0 fully saturated rings. The van der Waals surface area contributed by atoms with Crippen LogP contribution in [0.5, 0.6) is 0 Å². The van der Waals surface area contributed by atoms with Gasteiger partial charge in [0.1, 0.15) is 17.5 Å². The largest absolute Gasteiger partial charge is 0.425 e. The van der Waals surface area contributed by atoms with E-state index in [0.717, 1.165) is 44.1 Å². The third-order valence-corrected chi connectivity index (χ3v) is 4.59. The van der Waals surface area contributed by atoms with Crippen molar-refractivity contribution < 1.29 is 13.4 Å². The Labute approximate surface area is 138 Å². The molecule has 4 nitrogen and oxygen atoms in total. The predicted octanol–water partition coefficient (Wildman–Crippen LogP) is 4.53. The molecule has 0 unspecified atom stereocenters. The lowest BCUT2D eigenvalue weighted by atomic mass is 10.0. The van der Waals surface area contributed by atoms with E-state index in [1.807, 2.05) is 35.9 Å². The molecule has 0 amide bonds. The molecule has 0 saturated heterocycles. The van der Waals surface area contributed by atoms with Gasteiger partial charge in [0.2, 0.25) is 0 Å². The predicted molar refractivity (Wildman–Crippen MR) is 92.6 cm³/mol. The number of hydrogen-bond acceptors (Lipinski definition) is 3. The minimum absolute atomic E-state index is 0.578. The lowest BCUT2D eigenvalue weighted by Gasteiger charge is -2.06. The molecule has 0 bridgehead atoms. The van der Waals surface area contributed by atoms with Gasteiger partial charge in [-0.25, -0.2) is 4.57 Å². The van der Waals surface area contributed by atoms with Crippen molar-refractivity contribution in [3.05, 3.63) is 60.6 Å². The monoisotopic (exact) mass is 315 g/mol. The molecule has 4 heteroatoms. The summed E-state index contributed by atoms with van der Waals surface area (Å²) in [5.41, 5.74) is 5.01. The Morgan fingerprint density at radius 1 is 0.958 bits per heavy atom. The van der Waals surface area contributed by atoms with Crippen LogP contribution < -0.4 is 4.57 Å². The lowest BCUT2D eigenvalue weighted by Crippen LogP contribution is -2.31. The third kappa shape index (κ3) is 1.68. The normalized spacial score (nSPS) is 11.8. The van der Waals surface area contributed by atoms with E-state index in [-0.39, 0.29) is 0 Å². The number of rotatable bonds is 1. The molecule has 2 aromatic carbocycles. The first-order valence-electron chi connectivity index (χ1n) is 7.87. The molecule has 3 aromatic heterocycles. The van der Waals surface area contributed by atoms with Crippen LogP contribution in [0.2, 0.25) is 0 Å². The summed E-state index contributed by atoms with van der Waals surface area (Å²) < 4.78 is 14.1. The number of aryl methyl sites for hydroxylation is 2. The summed E-state index contributed by atoms with van der Waals surface area (Å²) in [6, 6.07) is 14.3. The van der Waals surface area contributed by atoms with Gasteiger partial charge < -0.3 is 8.83 Å². The van der Waals surface area contributed by atoms with Crippen molar-refractivity contribution in [2.75, 3.05) is 0 Å². The number of furan rings is 2. The van der Waals surface area contributed by atoms with Crippen molar-refractivity contribution in [2.45, 2.75) is 6.92 Å². The summed E-state index contributed by atoms with van der Waals surface area (Å²) in [6.07, 6.45) is 3.60. The molecule has 0 radical (unpaired) electrons. The maximum absolute atomic E-state index is 6.16. The molecule has 0 spiro atoms. The second kappa shape index (κ2) is 4.68. The molecule has 0 aliphatic carbocycles. The van der Waals surface area contributed by atoms with E-state index in [4.69, 9.17) is 8.83 Å². The average molecular weight is 315 g/mol. The Morgan fingerprint density at radius 2 is 1.83 bits per heavy atom. The van der Waals surface area contributed by atoms with E-state index >= 15 is 0 Å². The van der Waals surface area contributed by atoms with Gasteiger partial charge in [-0.3, -0.25) is 0 Å². The van der Waals surface area contributed by atoms with Crippen molar-refractivity contribution in [3.63, 3.8) is 0 Å². The highest BCUT2D eigenvalue weighted by Crippen LogP contribution is 2.41. The number of para-hydroxylation sites is 1. The molecule has 24 heavy (non-hydrogen) atoms. The summed E-state index contributed by atoms with van der Waals surface area (Å²) in [5.74, 6) is 0.578. The SMILES string of the molecule is Cc1ccc2c(oc3oc4ccccc4c32)c1-c1ccnc[n+]1C. The summed E-state index contributed by atoms with van der Waals surface area (Å²) in [7, 11) is 1.99. The Balaban J connectivity index is 1.96. The molecule has 5 rings (SSSR count). The zero-order chi connectivity index (χ0) is 16.3. The first-order chi connectivity index (χ1) is 11.7. The quantitative estimate of drug-likeness (QED) is 0.427. The average Bonchev–Trinajstić information content (AvgIpc) is 3.11. The number of nitrogens with zero attached hydrogens (tertiary/aromatic N) is 2. The summed E-state index contributed by atoms with van der Waals surface area (Å²) >= 11 is 0. The van der Waals surface area contributed by atoms with Crippen LogP contribution in [0.1, 0.15) is 5.56 Å². The second-order valence-corrected chi connectivity index (χ2v) is 6.07. The number of hydrogen-bond donors (Lipinski definition) is 0. The van der Waals surface area contributed by atoms with E-state index in [2.05, 4.69) is 30.1 Å². The van der Waals surface area contributed by atoms with Gasteiger partial charge in [0.15, 0.2) is 5.58 Å². The summed E-state index contributed by atoms with van der Waals surface area (Å²) in [5, 5.41) is 3.20. The molecule has 0 aliphatic rings. The molecule has 0 N–H and O–H groups in total. The van der Waals surface area contributed by atoms with Crippen molar-refractivity contribution >= 4 is 33.1 Å². The molecule has 3 heterocycles. The van der Waals surface area contributed by atoms with Crippen LogP contribution in [0, 0.1) is 6.92 Å². The minimum Gasteiger partial charge on any atom is -0.425 e. The van der Waals surface area contributed by atoms with Gasteiger partial charge in [-0.1, -0.05) is 35.3 Å². The van der Waals surface area contributed by atoms with Gasteiger partial charge >= 0.3 is 0 Å². The van der Waals surface area contributed by atoms with Gasteiger partial charge in [-0.2, -0.15) is 0 Å². The van der Waals surface area contributed by atoms with Gasteiger partial charge in [-0.05, 0) is 18.6 Å². The summed E-state index contributed by atoms with van der Waals surface area (Å²) in [6.45, 7) is 2.09. The maximum Gasteiger partial charge on any atom is 0.299 e. The van der Waals surface area contributed by atoms with Crippen molar-refractivity contribution in [1.29, 1.82) is 0 Å². The van der Waals surface area contributed by atoms with Crippen LogP contribution in [0.4, 0.5) is 0 Å². The topological polar surface area (TPSA) is 43.1 Å². The fraction of sp³-hybridized carbons (Fsp3) is 0.100. The third-order valence-electron chi connectivity index (χ3n) is 4.59. The Bertz CT molecular complexity index is 1230. The van der Waals surface area contributed by atoms with Crippen molar-refractivity contribution in [2.24, 2.45) is 7.05 Å². The first-order valence-corrected chi connectivity index (χ1v) is 7.87. The van der Waals surface area contributed by atoms with E-state index < -0.39 is 0 Å². The molecule has 0 atom stereocenters. The highest BCUT2D eigenvalue weighted by Gasteiger charge is 2.21. The van der Waals surface area contributed by atoms with Crippen LogP contribution >= 0.6 is 0 Å². The molecule has 0 aliphatic heterocycles. The van der Waals surface area contributed by atoms with Gasteiger partial charge in [0.05, 0.1) is 18.0 Å². The first kappa shape index (κ1) is 13.3. The van der Waals surface area contributed by atoms with Crippen molar-refractivity contribution in [1.82, 2.24) is 4.98 Å². The van der Waals surface area contributed by atoms with Crippen LogP contribution in [-0.2, 0) is 7.05 Å². The van der Waals surface area contributed by atoms with Gasteiger partial charge in [0.25, 0.3) is 12.1 Å². The van der Waals surface area contributed by atoms with E-state index in [1.54, 1.807) is 12.5 Å². The van der Waals surface area contributed by atoms with E-state index in [0.29, 0.717) is 5.78 Å². The van der Waals surface area contributed by atoms with Gasteiger partial charge in [0, 0.05) is 16.8 Å². The molecular weight excluding hydrogens is 300 g/mol. The Morgan fingerprint density at radius 3 is 2.71 bits per heavy atom. The minimum atomic E-state index is 0.578. The fourth-order valence-corrected chi connectivity index (χ4v) is 3.44. The lowest BCUT2D eigenvalue weighted by molar-refractivity contribution is -0.663. The fourth-order valence-electron chi connectivity index (χ4n) is 3.44. The van der Waals surface area contributed by atoms with Crippen LogP contribution in [-0.4, -0.2) is 4.98 Å². The number of fused-ring (bicyclic) bond motifs is 5. The second-order valence-electron chi connectivity index (χ2n) is 6.07. The summed E-state index contributed by atoms with van der Waals surface area (Å²) in [4.78, 5) is 4.17. The standard InChI is InChI=1S/C20H15N2O2/c1-12-7-8-14-18-13-5-3-4-6-16(13)23-20(18)24-19(14)17(12)15-9-10-21-11-22(15)2/h3-11H,1-2H3/q+1. The van der Waals surface area contributed by atoms with Crippen LogP contribution in [0.3, 0.4) is 0 Å². The van der Waals surface area contributed by atoms with E-state index in [1.165, 1.54) is 0 Å². The maximum atomic E-state index is 6.16. The highest BCUT2D eigenvalue weighted by atomic mass is 16.5. The molecule has 5 aromatic rings. The van der Waals surface area contributed by atoms with Crippen molar-refractivity contribution in [3.8, 4) is 11.3 Å². The zero-order valence-corrected chi connectivity index (χ0v) is 13.4. The Kier molecular flexibility index (Phi) is 2.59. The zero-order valence-electron chi connectivity index (χ0n) is 13.4. The van der Waals surface area contributed by atoms with Crippen LogP contribution in [0.25, 0.3) is 44.4 Å².